The molecule has 0 radical (unpaired) electrons. The van der Waals surface area contributed by atoms with Crippen molar-refractivity contribution in [1.29, 1.82) is 0 Å². The van der Waals surface area contributed by atoms with Crippen LogP contribution in [0.3, 0.4) is 0 Å². The Morgan fingerprint density at radius 3 is 1.13 bits per heavy atom. The minimum atomic E-state index is -1.06. The molecule has 2 amide bonds. The molecule has 0 saturated carbocycles. The lowest BCUT2D eigenvalue weighted by Gasteiger charge is -2.38. The molecule has 13 rings (SSSR count). The van der Waals surface area contributed by atoms with Crippen molar-refractivity contribution in [3.05, 3.63) is 327 Å². The Morgan fingerprint density at radius 1 is 0.417 bits per heavy atom. The average molecular weight is 1380 g/mol. The number of amides is 2. The molecule has 10 aromatic carbocycles. The third kappa shape index (κ3) is 18.9. The van der Waals surface area contributed by atoms with E-state index in [0.717, 1.165) is 72.7 Å². The van der Waals surface area contributed by atoms with E-state index in [1.54, 1.807) is 24.0 Å². The first-order valence-electron chi connectivity index (χ1n) is 34.5. The third-order valence-electron chi connectivity index (χ3n) is 18.1. The molecule has 3 heterocycles. The van der Waals surface area contributed by atoms with Crippen LogP contribution in [0.15, 0.2) is 249 Å². The normalized spacial score (nSPS) is 15.3. The van der Waals surface area contributed by atoms with Crippen LogP contribution in [-0.4, -0.2) is 76.0 Å². The fraction of sp³-hybridized carbons (Fsp3) is 0.253. The van der Waals surface area contributed by atoms with Crippen LogP contribution in [0.1, 0.15) is 111 Å². The van der Waals surface area contributed by atoms with Gasteiger partial charge in [-0.15, -0.1) is 0 Å². The summed E-state index contributed by atoms with van der Waals surface area (Å²) in [6, 6.07) is 76.7. The van der Waals surface area contributed by atoms with Gasteiger partial charge in [-0.05, 0) is 109 Å². The van der Waals surface area contributed by atoms with Crippen LogP contribution in [0.5, 0.6) is 28.7 Å². The third-order valence-corrected chi connectivity index (χ3v) is 18.1. The number of hydrogen-bond donors (Lipinski definition) is 2. The molecule has 3 aliphatic heterocycles. The van der Waals surface area contributed by atoms with E-state index in [1.807, 2.05) is 252 Å². The molecule has 0 saturated heterocycles. The molecule has 2 unspecified atom stereocenters. The molecular formula is C87H89N3O13. The summed E-state index contributed by atoms with van der Waals surface area (Å²) < 4.78 is 41.7. The molecule has 530 valence electrons. The predicted octanol–water partition coefficient (Wildman–Crippen LogP) is 15.7. The number of ether oxygens (including phenoxy) is 7. The second-order valence-electron chi connectivity index (χ2n) is 25.2. The number of aryl methyl sites for hydroxylation is 3. The minimum absolute atomic E-state index is 0. The molecule has 16 heteroatoms. The topological polar surface area (TPSA) is 189 Å². The van der Waals surface area contributed by atoms with Gasteiger partial charge in [0.1, 0.15) is 66.7 Å². The second kappa shape index (κ2) is 36.2. The molecule has 16 nitrogen and oxygen atoms in total. The Hall–Kier alpha value is -11.5. The van der Waals surface area contributed by atoms with Crippen LogP contribution in [0.4, 0.5) is 0 Å². The monoisotopic (exact) mass is 1380 g/mol. The van der Waals surface area contributed by atoms with Gasteiger partial charge in [0.25, 0.3) is 11.8 Å². The number of carboxylic acids is 1. The number of carbonyl (C=O) groups excluding carboxylic acids is 4. The van der Waals surface area contributed by atoms with E-state index in [9.17, 15) is 29.1 Å². The van der Waals surface area contributed by atoms with E-state index in [4.69, 9.17) is 33.2 Å². The van der Waals surface area contributed by atoms with Gasteiger partial charge in [-0.1, -0.05) is 232 Å². The van der Waals surface area contributed by atoms with Gasteiger partial charge in [-0.2, -0.15) is 0 Å². The smallest absolute Gasteiger partial charge is 0.329 e. The minimum Gasteiger partial charge on any atom is -0.488 e. The van der Waals surface area contributed by atoms with E-state index in [0.29, 0.717) is 74.2 Å². The Bertz CT molecular complexity index is 4430. The van der Waals surface area contributed by atoms with E-state index in [-0.39, 0.29) is 51.5 Å². The van der Waals surface area contributed by atoms with Crippen LogP contribution < -0.4 is 29.0 Å². The molecule has 10 aromatic rings. The van der Waals surface area contributed by atoms with Gasteiger partial charge in [-0.3, -0.25) is 14.4 Å². The van der Waals surface area contributed by atoms with E-state index in [1.165, 1.54) is 10.5 Å². The quantitative estimate of drug-likeness (QED) is 0.0610. The molecule has 0 bridgehead atoms. The summed E-state index contributed by atoms with van der Waals surface area (Å²) in [6.45, 7) is 12.5. The lowest BCUT2D eigenvalue weighted by Crippen LogP contribution is -2.51. The summed E-state index contributed by atoms with van der Waals surface area (Å²) in [6.07, 6.45) is -0.879. The van der Waals surface area contributed by atoms with Gasteiger partial charge in [0.05, 0.1) is 13.2 Å². The fourth-order valence-electron chi connectivity index (χ4n) is 12.9. The van der Waals surface area contributed by atoms with Crippen LogP contribution in [-0.2, 0) is 92.2 Å². The Balaban J connectivity index is 0.000000170. The zero-order valence-corrected chi connectivity index (χ0v) is 58.1. The first-order chi connectivity index (χ1) is 49.7. The zero-order valence-electron chi connectivity index (χ0n) is 58.1. The lowest BCUT2D eigenvalue weighted by molar-refractivity contribution is -0.158. The Kier molecular flexibility index (Phi) is 26.1. The highest BCUT2D eigenvalue weighted by molar-refractivity contribution is 5.90. The number of rotatable bonds is 22. The van der Waals surface area contributed by atoms with Crippen molar-refractivity contribution in [2.45, 2.75) is 131 Å². The molecule has 0 fully saturated rings. The molecule has 5 atom stereocenters. The maximum Gasteiger partial charge on any atom is 0.329 e. The molecule has 2 N–H and O–H groups in total. The fourth-order valence-corrected chi connectivity index (χ4v) is 12.9. The first kappa shape index (κ1) is 74.2. The predicted molar refractivity (Wildman–Crippen MR) is 396 cm³/mol. The number of carboxylic acid groups (broad SMARTS) is 1. The molecule has 0 spiro atoms. The molecule has 0 aromatic heterocycles. The van der Waals surface area contributed by atoms with Crippen molar-refractivity contribution in [1.82, 2.24) is 15.1 Å². The number of aliphatic carboxylic acids is 1. The average Bonchev–Trinajstić information content (AvgIpc) is 0.785. The summed E-state index contributed by atoms with van der Waals surface area (Å²) >= 11 is 0. The van der Waals surface area contributed by atoms with Gasteiger partial charge in [-0.25, -0.2) is 9.59 Å². The summed E-state index contributed by atoms with van der Waals surface area (Å²) in [4.78, 5) is 69.1. The summed E-state index contributed by atoms with van der Waals surface area (Å²) in [7, 11) is 0. The van der Waals surface area contributed by atoms with E-state index >= 15 is 0 Å². The van der Waals surface area contributed by atoms with Gasteiger partial charge in [0.15, 0.2) is 0 Å². The van der Waals surface area contributed by atoms with Crippen LogP contribution in [0.2, 0.25) is 0 Å². The SMILES string of the molecule is C.CCOC(=O)[C@@H]1Cc2c(ccc(C)c2OCc2ccccc2)CN1.CCOC(=O)[C@@H]1Cc2c(ccc(C)c2OCc2ccccc2)CN1C(=O)C(Oc1ccccc1)c1ccccc1.Cc1ccc2c(c1OCc1ccccc1)C[C@@H](C(=O)O)N(C(=O)C(Oc1ccccc1)c1ccccc1)C2. The second-order valence-corrected chi connectivity index (χ2v) is 25.2. The molecular weight excluding hydrogens is 1290 g/mol. The number of nitrogens with zero attached hydrogens (tertiary/aromatic N) is 2. The standard InChI is InChI=1S/C34H33NO5.C32H29NO5.C20H23NO3.CH4/c1-3-38-34(37)30-21-29-27(20-19-24(2)31(29)39-23-25-13-7-4-8-14-25)22-35(30)33(36)32(26-15-9-5-10-16-26)40-28-17-11-6-12-18-28;1-22-17-18-25-20-33(28(32(35)36)19-27(25)29(22)37-21-23-11-5-2-6-12-23)31(34)30(24-13-7-3-8-14-24)38-26-15-9-4-10-16-26;1-3-23-20(22)18-11-17-16(12-21-18)10-9-14(2)19(17)24-13-15-7-5-4-6-8-15;/h4-20,30,32H,3,21-23H2,1-2H3;2-18,28,30H,19-21H2,1H3,(H,35,36);4-10,18,21H,3,11-13H2,1-2H3;1H4/t30-,32?;28-,30?;18-;/m000./s1. The van der Waals surface area contributed by atoms with Crippen molar-refractivity contribution >= 4 is 29.7 Å². The number of para-hydroxylation sites is 2. The number of hydrogen-bond acceptors (Lipinski definition) is 13. The maximum atomic E-state index is 14.3. The lowest BCUT2D eigenvalue weighted by atomic mass is 9.90. The maximum absolute atomic E-state index is 14.3. The largest absolute Gasteiger partial charge is 0.488 e. The van der Waals surface area contributed by atoms with Crippen molar-refractivity contribution < 1.29 is 62.2 Å². The Labute approximate surface area is 603 Å². The molecule has 103 heavy (non-hydrogen) atoms. The number of nitrogens with one attached hydrogen (secondary N) is 1. The molecule has 0 aliphatic carbocycles. The zero-order chi connectivity index (χ0) is 71.3. The van der Waals surface area contributed by atoms with Gasteiger partial charge >= 0.3 is 17.9 Å². The summed E-state index contributed by atoms with van der Waals surface area (Å²) in [5.41, 5.74) is 13.4. The highest BCUT2D eigenvalue weighted by Crippen LogP contribution is 2.40. The highest BCUT2D eigenvalue weighted by Gasteiger charge is 2.43. The highest BCUT2D eigenvalue weighted by atomic mass is 16.5. The van der Waals surface area contributed by atoms with Gasteiger partial charge < -0.3 is 53.4 Å². The van der Waals surface area contributed by atoms with Crippen molar-refractivity contribution in [2.75, 3.05) is 13.2 Å². The number of carbonyl (C=O) groups is 5. The van der Waals surface area contributed by atoms with Crippen LogP contribution >= 0.6 is 0 Å². The number of esters is 2. The Morgan fingerprint density at radius 2 is 0.748 bits per heavy atom. The van der Waals surface area contributed by atoms with E-state index in [2.05, 4.69) is 17.4 Å². The van der Waals surface area contributed by atoms with Crippen LogP contribution in [0.25, 0.3) is 0 Å². The van der Waals surface area contributed by atoms with Crippen molar-refractivity contribution in [3.8, 4) is 28.7 Å². The van der Waals surface area contributed by atoms with E-state index < -0.39 is 42.1 Å². The summed E-state index contributed by atoms with van der Waals surface area (Å²) in [5.74, 6) is 1.04. The van der Waals surface area contributed by atoms with Crippen molar-refractivity contribution in [3.63, 3.8) is 0 Å². The molecule has 3 aliphatic rings. The number of benzene rings is 10. The van der Waals surface area contributed by atoms with Crippen LogP contribution in [0, 0.1) is 20.8 Å². The number of fused-ring (bicyclic) bond motifs is 3. The van der Waals surface area contributed by atoms with Crippen molar-refractivity contribution in [2.24, 2.45) is 0 Å². The summed E-state index contributed by atoms with van der Waals surface area (Å²) in [5, 5.41) is 13.5. The first-order valence-corrected chi connectivity index (χ1v) is 34.5. The van der Waals surface area contributed by atoms with Gasteiger partial charge in [0.2, 0.25) is 12.2 Å². The van der Waals surface area contributed by atoms with Gasteiger partial charge in [0, 0.05) is 66.7 Å².